The number of nitrogens with two attached hydrogens (primary N) is 1. The van der Waals surface area contributed by atoms with Crippen LogP contribution < -0.4 is 10.6 Å². The van der Waals surface area contributed by atoms with Gasteiger partial charge in [-0.3, -0.25) is 0 Å². The van der Waals surface area contributed by atoms with E-state index in [0.717, 1.165) is 42.6 Å². The maximum Gasteiger partial charge on any atom is 0.0642 e. The van der Waals surface area contributed by atoms with E-state index in [-0.39, 0.29) is 6.04 Å². The molecule has 3 nitrogen and oxygen atoms in total. The van der Waals surface area contributed by atoms with Gasteiger partial charge in [0, 0.05) is 19.1 Å². The molecule has 2 rings (SSSR count). The Morgan fingerprint density at radius 2 is 2.06 bits per heavy atom. The van der Waals surface area contributed by atoms with Crippen LogP contribution in [0.4, 0.5) is 5.69 Å². The standard InChI is InChI=1S/C12H17ClN2O/c1-9(14)10-2-3-12(11(13)8-10)15-4-6-16-7-5-15/h2-3,8-9H,4-7,14H2,1H3/t9-/m1/s1. The molecule has 1 saturated heterocycles. The number of nitrogens with zero attached hydrogens (tertiary/aromatic N) is 1. The zero-order valence-electron chi connectivity index (χ0n) is 9.45. The van der Waals surface area contributed by atoms with Gasteiger partial charge in [-0.1, -0.05) is 17.7 Å². The molecule has 0 aliphatic carbocycles. The van der Waals surface area contributed by atoms with Gasteiger partial charge in [0.25, 0.3) is 0 Å². The van der Waals surface area contributed by atoms with Crippen LogP contribution in [0.5, 0.6) is 0 Å². The SMILES string of the molecule is C[C@@H](N)c1ccc(N2CCOCC2)c(Cl)c1. The average Bonchev–Trinajstić information content (AvgIpc) is 2.30. The predicted octanol–water partition coefficient (Wildman–Crippen LogP) is 2.20. The fourth-order valence-corrected chi connectivity index (χ4v) is 2.18. The number of hydrogen-bond acceptors (Lipinski definition) is 3. The van der Waals surface area contributed by atoms with Crippen molar-refractivity contribution in [2.24, 2.45) is 5.73 Å². The fourth-order valence-electron chi connectivity index (χ4n) is 1.87. The van der Waals surface area contributed by atoms with Crippen LogP contribution in [0, 0.1) is 0 Å². The summed E-state index contributed by atoms with van der Waals surface area (Å²) in [6.45, 7) is 5.30. The molecule has 16 heavy (non-hydrogen) atoms. The van der Waals surface area contributed by atoms with Crippen molar-refractivity contribution in [1.82, 2.24) is 0 Å². The van der Waals surface area contributed by atoms with Gasteiger partial charge in [-0.2, -0.15) is 0 Å². The first-order valence-electron chi connectivity index (χ1n) is 5.56. The molecule has 4 heteroatoms. The maximum atomic E-state index is 6.27. The summed E-state index contributed by atoms with van der Waals surface area (Å²) in [6.07, 6.45) is 0. The molecule has 88 valence electrons. The van der Waals surface area contributed by atoms with Crippen molar-refractivity contribution in [3.8, 4) is 0 Å². The van der Waals surface area contributed by atoms with Crippen molar-refractivity contribution < 1.29 is 4.74 Å². The lowest BCUT2D eigenvalue weighted by molar-refractivity contribution is 0.122. The Hall–Kier alpha value is -0.770. The topological polar surface area (TPSA) is 38.5 Å². The van der Waals surface area contributed by atoms with Crippen LogP contribution in [-0.4, -0.2) is 26.3 Å². The lowest BCUT2D eigenvalue weighted by Gasteiger charge is -2.29. The molecule has 0 amide bonds. The van der Waals surface area contributed by atoms with Crippen LogP contribution in [0.25, 0.3) is 0 Å². The van der Waals surface area contributed by atoms with Gasteiger partial charge in [-0.15, -0.1) is 0 Å². The Labute approximate surface area is 101 Å². The number of hydrogen-bond donors (Lipinski definition) is 1. The third kappa shape index (κ3) is 2.48. The smallest absolute Gasteiger partial charge is 0.0642 e. The molecule has 0 aromatic heterocycles. The van der Waals surface area contributed by atoms with Gasteiger partial charge < -0.3 is 15.4 Å². The van der Waals surface area contributed by atoms with Crippen LogP contribution in [-0.2, 0) is 4.74 Å². The molecule has 0 unspecified atom stereocenters. The lowest BCUT2D eigenvalue weighted by Crippen LogP contribution is -2.36. The van der Waals surface area contributed by atoms with Crippen LogP contribution in [0.3, 0.4) is 0 Å². The average molecular weight is 241 g/mol. The van der Waals surface area contributed by atoms with Gasteiger partial charge in [0.2, 0.25) is 0 Å². The number of ether oxygens (including phenoxy) is 1. The van der Waals surface area contributed by atoms with Gasteiger partial charge >= 0.3 is 0 Å². The number of benzene rings is 1. The van der Waals surface area contributed by atoms with Crippen molar-refractivity contribution in [1.29, 1.82) is 0 Å². The molecule has 1 fully saturated rings. The van der Waals surface area contributed by atoms with Gasteiger partial charge in [-0.25, -0.2) is 0 Å². The first-order chi connectivity index (χ1) is 7.68. The summed E-state index contributed by atoms with van der Waals surface area (Å²) in [5, 5.41) is 0.775. The van der Waals surface area contributed by atoms with Gasteiger partial charge in [0.15, 0.2) is 0 Å². The molecular formula is C12H17ClN2O. The molecule has 0 bridgehead atoms. The summed E-state index contributed by atoms with van der Waals surface area (Å²) < 4.78 is 5.32. The molecule has 1 aliphatic heterocycles. The number of anilines is 1. The van der Waals surface area contributed by atoms with E-state index in [0.29, 0.717) is 0 Å². The highest BCUT2D eigenvalue weighted by Crippen LogP contribution is 2.28. The predicted molar refractivity (Wildman–Crippen MR) is 67.1 cm³/mol. The second-order valence-electron chi connectivity index (χ2n) is 4.10. The minimum Gasteiger partial charge on any atom is -0.378 e. The molecule has 1 atom stereocenters. The van der Waals surface area contributed by atoms with Crippen LogP contribution in [0.1, 0.15) is 18.5 Å². The zero-order valence-corrected chi connectivity index (χ0v) is 10.2. The normalized spacial score (nSPS) is 18.6. The summed E-state index contributed by atoms with van der Waals surface area (Å²) in [5.41, 5.74) is 7.97. The van der Waals surface area contributed by atoms with E-state index < -0.39 is 0 Å². The van der Waals surface area contributed by atoms with Crippen molar-refractivity contribution in [2.75, 3.05) is 31.2 Å². The fraction of sp³-hybridized carbons (Fsp3) is 0.500. The van der Waals surface area contributed by atoms with Gasteiger partial charge in [0.05, 0.1) is 23.9 Å². The highest BCUT2D eigenvalue weighted by atomic mass is 35.5. The Kier molecular flexibility index (Phi) is 3.69. The molecule has 1 aromatic carbocycles. The van der Waals surface area contributed by atoms with E-state index in [1.165, 1.54) is 0 Å². The molecule has 0 saturated carbocycles. The first kappa shape index (κ1) is 11.7. The third-order valence-corrected chi connectivity index (χ3v) is 3.15. The van der Waals surface area contributed by atoms with Crippen molar-refractivity contribution in [2.45, 2.75) is 13.0 Å². The third-order valence-electron chi connectivity index (χ3n) is 2.85. The van der Waals surface area contributed by atoms with E-state index in [1.54, 1.807) is 0 Å². The second kappa shape index (κ2) is 5.04. The van der Waals surface area contributed by atoms with E-state index in [2.05, 4.69) is 4.90 Å². The quantitative estimate of drug-likeness (QED) is 0.861. The molecule has 2 N–H and O–H groups in total. The van der Waals surface area contributed by atoms with Crippen molar-refractivity contribution >= 4 is 17.3 Å². The summed E-state index contributed by atoms with van der Waals surface area (Å²) in [7, 11) is 0. The van der Waals surface area contributed by atoms with Crippen molar-refractivity contribution in [3.63, 3.8) is 0 Å². The monoisotopic (exact) mass is 240 g/mol. The second-order valence-corrected chi connectivity index (χ2v) is 4.51. The molecule has 1 aliphatic rings. The lowest BCUT2D eigenvalue weighted by atomic mass is 10.1. The Balaban J connectivity index is 2.21. The summed E-state index contributed by atoms with van der Waals surface area (Å²) in [6, 6.07) is 6.07. The van der Waals surface area contributed by atoms with Gasteiger partial charge in [0.1, 0.15) is 0 Å². The highest BCUT2D eigenvalue weighted by molar-refractivity contribution is 6.33. The maximum absolute atomic E-state index is 6.27. The highest BCUT2D eigenvalue weighted by Gasteiger charge is 2.14. The summed E-state index contributed by atoms with van der Waals surface area (Å²) in [4.78, 5) is 2.25. The molecule has 1 aromatic rings. The van der Waals surface area contributed by atoms with Crippen LogP contribution in [0.2, 0.25) is 5.02 Å². The van der Waals surface area contributed by atoms with Crippen LogP contribution in [0.15, 0.2) is 18.2 Å². The minimum absolute atomic E-state index is 0.0243. The number of halogens is 1. The van der Waals surface area contributed by atoms with E-state index in [9.17, 15) is 0 Å². The minimum atomic E-state index is 0.0243. The van der Waals surface area contributed by atoms with E-state index >= 15 is 0 Å². The Morgan fingerprint density at radius 3 is 2.62 bits per heavy atom. The number of rotatable bonds is 2. The van der Waals surface area contributed by atoms with E-state index in [1.807, 2.05) is 25.1 Å². The molecular weight excluding hydrogens is 224 g/mol. The molecule has 0 spiro atoms. The van der Waals surface area contributed by atoms with E-state index in [4.69, 9.17) is 22.1 Å². The summed E-state index contributed by atoms with van der Waals surface area (Å²) >= 11 is 6.27. The van der Waals surface area contributed by atoms with Crippen LogP contribution >= 0.6 is 11.6 Å². The zero-order chi connectivity index (χ0) is 11.5. The Morgan fingerprint density at radius 1 is 1.38 bits per heavy atom. The van der Waals surface area contributed by atoms with Gasteiger partial charge in [-0.05, 0) is 24.6 Å². The molecule has 0 radical (unpaired) electrons. The van der Waals surface area contributed by atoms with Crippen molar-refractivity contribution in [3.05, 3.63) is 28.8 Å². The Bertz CT molecular complexity index is 362. The largest absolute Gasteiger partial charge is 0.378 e. The number of morpholine rings is 1. The first-order valence-corrected chi connectivity index (χ1v) is 5.94. The summed E-state index contributed by atoms with van der Waals surface area (Å²) in [5.74, 6) is 0. The molecule has 1 heterocycles.